The van der Waals surface area contributed by atoms with E-state index in [4.69, 9.17) is 0 Å². The lowest BCUT2D eigenvalue weighted by molar-refractivity contribution is -0.160. The highest BCUT2D eigenvalue weighted by Crippen LogP contribution is 2.31. The molecular weight excluding hydrogens is 324 g/mol. The molecular formula is C22H30N2O2. The van der Waals surface area contributed by atoms with Gasteiger partial charge in [0.1, 0.15) is 0 Å². The number of rotatable bonds is 5. The molecule has 1 unspecified atom stereocenters. The Hall–Kier alpha value is -1.65. The molecule has 1 amide bonds. The molecule has 140 valence electrons. The molecule has 1 aromatic rings. The van der Waals surface area contributed by atoms with E-state index >= 15 is 0 Å². The number of aliphatic hydroxyl groups is 1. The van der Waals surface area contributed by atoms with Gasteiger partial charge in [-0.1, -0.05) is 42.8 Å². The minimum atomic E-state index is -1.19. The molecule has 3 aliphatic rings. The van der Waals surface area contributed by atoms with Crippen LogP contribution in [-0.4, -0.2) is 59.1 Å². The Labute approximate surface area is 156 Å². The molecule has 26 heavy (non-hydrogen) atoms. The van der Waals surface area contributed by atoms with E-state index < -0.39 is 5.60 Å². The summed E-state index contributed by atoms with van der Waals surface area (Å²) in [6.07, 6.45) is 8.50. The largest absolute Gasteiger partial charge is 0.379 e. The summed E-state index contributed by atoms with van der Waals surface area (Å²) in [7, 11) is 0. The van der Waals surface area contributed by atoms with Crippen molar-refractivity contribution in [3.8, 4) is 0 Å². The SMILES string of the molecule is O=C1N(CC2CCC2)CCCC1(O)CN1CC=C(c2ccccc2)CC1. The minimum Gasteiger partial charge on any atom is -0.379 e. The van der Waals surface area contributed by atoms with Crippen molar-refractivity contribution in [3.05, 3.63) is 42.0 Å². The second-order valence-corrected chi connectivity index (χ2v) is 8.26. The number of amides is 1. The monoisotopic (exact) mass is 354 g/mol. The third-order valence-corrected chi connectivity index (χ3v) is 6.33. The molecule has 2 fully saturated rings. The number of β-amino-alcohol motifs (C(OH)–C–C–N with tert-alkyl or cyclic N) is 1. The van der Waals surface area contributed by atoms with Gasteiger partial charge in [-0.3, -0.25) is 9.69 Å². The molecule has 0 radical (unpaired) electrons. The Kier molecular flexibility index (Phi) is 5.14. The average Bonchev–Trinajstić information content (AvgIpc) is 2.63. The number of benzene rings is 1. The van der Waals surface area contributed by atoms with E-state index in [-0.39, 0.29) is 5.91 Å². The normalized spacial score (nSPS) is 28.0. The topological polar surface area (TPSA) is 43.8 Å². The van der Waals surface area contributed by atoms with E-state index in [1.54, 1.807) is 0 Å². The number of nitrogens with zero attached hydrogens (tertiary/aromatic N) is 2. The van der Waals surface area contributed by atoms with Gasteiger partial charge in [0.25, 0.3) is 5.91 Å². The van der Waals surface area contributed by atoms with Crippen LogP contribution in [0.4, 0.5) is 0 Å². The molecule has 1 aromatic carbocycles. The lowest BCUT2D eigenvalue weighted by Crippen LogP contribution is -2.59. The lowest BCUT2D eigenvalue weighted by atomic mass is 9.83. The van der Waals surface area contributed by atoms with Crippen molar-refractivity contribution in [2.75, 3.05) is 32.7 Å². The lowest BCUT2D eigenvalue weighted by Gasteiger charge is -2.43. The van der Waals surface area contributed by atoms with Crippen molar-refractivity contribution in [2.24, 2.45) is 5.92 Å². The number of hydrogen-bond acceptors (Lipinski definition) is 3. The van der Waals surface area contributed by atoms with Crippen molar-refractivity contribution in [3.63, 3.8) is 0 Å². The molecule has 4 rings (SSSR count). The van der Waals surface area contributed by atoms with Crippen LogP contribution in [0.15, 0.2) is 36.4 Å². The number of carbonyl (C=O) groups excluding carboxylic acids is 1. The molecule has 0 spiro atoms. The van der Waals surface area contributed by atoms with E-state index in [0.717, 1.165) is 39.0 Å². The number of hydrogen-bond donors (Lipinski definition) is 1. The van der Waals surface area contributed by atoms with Gasteiger partial charge in [-0.2, -0.15) is 0 Å². The fourth-order valence-corrected chi connectivity index (χ4v) is 4.51. The summed E-state index contributed by atoms with van der Waals surface area (Å²) in [5.41, 5.74) is 1.46. The van der Waals surface area contributed by atoms with E-state index in [9.17, 15) is 9.90 Å². The molecule has 0 aromatic heterocycles. The summed E-state index contributed by atoms with van der Waals surface area (Å²) >= 11 is 0. The third kappa shape index (κ3) is 3.72. The van der Waals surface area contributed by atoms with Crippen molar-refractivity contribution >= 4 is 11.5 Å². The molecule has 2 heterocycles. The van der Waals surface area contributed by atoms with Gasteiger partial charge in [-0.15, -0.1) is 0 Å². The van der Waals surface area contributed by atoms with Gasteiger partial charge in [0.15, 0.2) is 5.60 Å². The molecule has 4 heteroatoms. The van der Waals surface area contributed by atoms with Crippen LogP contribution in [-0.2, 0) is 4.79 Å². The summed E-state index contributed by atoms with van der Waals surface area (Å²) < 4.78 is 0. The summed E-state index contributed by atoms with van der Waals surface area (Å²) in [6, 6.07) is 10.5. The quantitative estimate of drug-likeness (QED) is 0.884. The average molecular weight is 354 g/mol. The van der Waals surface area contributed by atoms with Crippen LogP contribution in [0.25, 0.3) is 5.57 Å². The predicted molar refractivity (Wildman–Crippen MR) is 104 cm³/mol. The molecule has 1 atom stereocenters. The van der Waals surface area contributed by atoms with Gasteiger partial charge in [0.05, 0.1) is 0 Å². The molecule has 1 aliphatic carbocycles. The van der Waals surface area contributed by atoms with Crippen molar-refractivity contribution < 1.29 is 9.90 Å². The zero-order chi connectivity index (χ0) is 18.0. The summed E-state index contributed by atoms with van der Waals surface area (Å²) in [5.74, 6) is 0.626. The van der Waals surface area contributed by atoms with Gasteiger partial charge < -0.3 is 10.0 Å². The van der Waals surface area contributed by atoms with Gasteiger partial charge in [0, 0.05) is 32.7 Å². The molecule has 4 nitrogen and oxygen atoms in total. The maximum absolute atomic E-state index is 12.9. The first-order chi connectivity index (χ1) is 12.6. The van der Waals surface area contributed by atoms with Crippen LogP contribution < -0.4 is 0 Å². The first-order valence-electron chi connectivity index (χ1n) is 10.1. The van der Waals surface area contributed by atoms with Crippen LogP contribution in [0, 0.1) is 5.92 Å². The Balaban J connectivity index is 1.37. The fraction of sp³-hybridized carbons (Fsp3) is 0.591. The zero-order valence-corrected chi connectivity index (χ0v) is 15.6. The highest BCUT2D eigenvalue weighted by molar-refractivity contribution is 5.86. The maximum atomic E-state index is 12.9. The zero-order valence-electron chi connectivity index (χ0n) is 15.6. The predicted octanol–water partition coefficient (Wildman–Crippen LogP) is 2.93. The minimum absolute atomic E-state index is 0.0338. The van der Waals surface area contributed by atoms with Crippen LogP contribution in [0.1, 0.15) is 44.1 Å². The van der Waals surface area contributed by atoms with Crippen LogP contribution in [0.5, 0.6) is 0 Å². The van der Waals surface area contributed by atoms with Gasteiger partial charge >= 0.3 is 0 Å². The Bertz CT molecular complexity index is 668. The fourth-order valence-electron chi connectivity index (χ4n) is 4.51. The molecule has 2 aliphatic heterocycles. The molecule has 1 saturated heterocycles. The molecule has 1 saturated carbocycles. The number of likely N-dealkylation sites (tertiary alicyclic amines) is 1. The van der Waals surface area contributed by atoms with Gasteiger partial charge in [-0.05, 0) is 49.2 Å². The standard InChI is InChI=1S/C22H30N2O2/c25-21-22(26,12-5-13-24(21)16-18-6-4-7-18)17-23-14-10-20(11-15-23)19-8-2-1-3-9-19/h1-3,8-10,18,26H,4-7,11-17H2. The van der Waals surface area contributed by atoms with Gasteiger partial charge in [0.2, 0.25) is 0 Å². The van der Waals surface area contributed by atoms with E-state index in [0.29, 0.717) is 18.9 Å². The van der Waals surface area contributed by atoms with E-state index in [2.05, 4.69) is 35.2 Å². The van der Waals surface area contributed by atoms with Gasteiger partial charge in [-0.25, -0.2) is 0 Å². The van der Waals surface area contributed by atoms with Crippen molar-refractivity contribution in [1.29, 1.82) is 0 Å². The first kappa shape index (κ1) is 17.7. The summed E-state index contributed by atoms with van der Waals surface area (Å²) in [6.45, 7) is 3.84. The van der Waals surface area contributed by atoms with Crippen LogP contribution in [0.2, 0.25) is 0 Å². The molecule has 0 bridgehead atoms. The first-order valence-corrected chi connectivity index (χ1v) is 10.1. The second-order valence-electron chi connectivity index (χ2n) is 8.26. The Morgan fingerprint density at radius 2 is 1.92 bits per heavy atom. The van der Waals surface area contributed by atoms with Crippen LogP contribution >= 0.6 is 0 Å². The smallest absolute Gasteiger partial charge is 0.255 e. The Morgan fingerprint density at radius 3 is 2.58 bits per heavy atom. The number of piperidine rings is 1. The summed E-state index contributed by atoms with van der Waals surface area (Å²) in [5, 5.41) is 11.1. The third-order valence-electron chi connectivity index (χ3n) is 6.33. The molecule has 1 N–H and O–H groups in total. The maximum Gasteiger partial charge on any atom is 0.255 e. The highest BCUT2D eigenvalue weighted by Gasteiger charge is 2.44. The van der Waals surface area contributed by atoms with Crippen molar-refractivity contribution in [1.82, 2.24) is 9.80 Å². The second kappa shape index (κ2) is 7.53. The van der Waals surface area contributed by atoms with Crippen LogP contribution in [0.3, 0.4) is 0 Å². The summed E-state index contributed by atoms with van der Waals surface area (Å²) in [4.78, 5) is 17.1. The number of carbonyl (C=O) groups is 1. The Morgan fingerprint density at radius 1 is 1.12 bits per heavy atom. The highest BCUT2D eigenvalue weighted by atomic mass is 16.3. The van der Waals surface area contributed by atoms with E-state index in [1.165, 1.54) is 30.4 Å². The van der Waals surface area contributed by atoms with Crippen molar-refractivity contribution in [2.45, 2.75) is 44.1 Å². The van der Waals surface area contributed by atoms with E-state index in [1.807, 2.05) is 11.0 Å².